The van der Waals surface area contributed by atoms with Gasteiger partial charge in [-0.2, -0.15) is 13.2 Å². The Labute approximate surface area is 104 Å². The maximum absolute atomic E-state index is 12.1. The lowest BCUT2D eigenvalue weighted by Gasteiger charge is -2.07. The number of benzene rings is 1. The molecule has 0 radical (unpaired) electrons. The third kappa shape index (κ3) is 3.55. The molecule has 0 heterocycles. The van der Waals surface area contributed by atoms with Crippen LogP contribution in [0.1, 0.15) is 15.9 Å². The minimum Gasteiger partial charge on any atom is -0.478 e. The van der Waals surface area contributed by atoms with Gasteiger partial charge in [-0.25, -0.2) is 4.79 Å². The summed E-state index contributed by atoms with van der Waals surface area (Å²) in [5.74, 6) is -1.36. The number of hydrogen-bond donors (Lipinski definition) is 1. The summed E-state index contributed by atoms with van der Waals surface area (Å²) in [6.07, 6.45) is -4.51. The Morgan fingerprint density at radius 3 is 2.20 bits per heavy atom. The lowest BCUT2D eigenvalue weighted by molar-refractivity contribution is -0.137. The average Bonchev–Trinajstić information content (AvgIpc) is 2.01. The van der Waals surface area contributed by atoms with E-state index in [2.05, 4.69) is 0 Å². The Morgan fingerprint density at radius 1 is 1.33 bits per heavy atom. The summed E-state index contributed by atoms with van der Waals surface area (Å²) in [5, 5.41) is 8.07. The molecule has 1 N–H and O–H groups in total. The van der Waals surface area contributed by atoms with Gasteiger partial charge in [-0.1, -0.05) is 11.6 Å². The summed E-state index contributed by atoms with van der Waals surface area (Å²) in [5.41, 5.74) is -1.31. The van der Waals surface area contributed by atoms with E-state index in [-0.39, 0.29) is 28.6 Å². The van der Waals surface area contributed by atoms with E-state index in [1.165, 1.54) is 0 Å². The molecule has 0 spiro atoms. The van der Waals surface area contributed by atoms with E-state index in [4.69, 9.17) is 16.7 Å². The molecule has 0 amide bonds. The highest BCUT2D eigenvalue weighted by atomic mass is 35.5. The van der Waals surface area contributed by atoms with Crippen LogP contribution in [-0.4, -0.2) is 34.1 Å². The molecular weight excluding hydrogens is 245 g/mol. The Balaban J connectivity index is 0.00000196. The Bertz CT molecular complexity index is 379. The van der Waals surface area contributed by atoms with Crippen molar-refractivity contribution in [2.75, 3.05) is 0 Å². The first-order valence-electron chi connectivity index (χ1n) is 3.42. The molecule has 15 heavy (non-hydrogen) atoms. The van der Waals surface area contributed by atoms with Crippen LogP contribution in [0.15, 0.2) is 18.2 Å². The predicted molar refractivity (Wildman–Crippen MR) is 52.0 cm³/mol. The van der Waals surface area contributed by atoms with Gasteiger partial charge in [0.05, 0.1) is 16.1 Å². The number of rotatable bonds is 1. The minimum atomic E-state index is -4.51. The highest BCUT2D eigenvalue weighted by Gasteiger charge is 2.31. The number of carbonyl (C=O) groups is 1. The zero-order valence-corrected chi connectivity index (χ0v) is 7.36. The van der Waals surface area contributed by atoms with Gasteiger partial charge in [0, 0.05) is 0 Å². The van der Waals surface area contributed by atoms with Gasteiger partial charge >= 0.3 is 35.2 Å². The monoisotopic (exact) mass is 250 g/mol. The number of carboxylic acids is 1. The van der Waals surface area contributed by atoms with Crippen LogP contribution in [0, 0.1) is 0 Å². The smallest absolute Gasteiger partial charge is 0.416 e. The molecule has 80 valence electrons. The molecular formula is C8H6ClF3MgO2. The fourth-order valence-electron chi connectivity index (χ4n) is 0.865. The number of carboxylic acid groups (broad SMARTS) is 1. The van der Waals surface area contributed by atoms with Gasteiger partial charge in [0.2, 0.25) is 0 Å². The number of aromatic carboxylic acids is 1. The van der Waals surface area contributed by atoms with Crippen LogP contribution in [0.3, 0.4) is 0 Å². The van der Waals surface area contributed by atoms with Gasteiger partial charge in [-0.3, -0.25) is 0 Å². The molecule has 0 atom stereocenters. The normalized spacial score (nSPS) is 10.7. The fourth-order valence-corrected chi connectivity index (χ4v) is 1.13. The second-order valence-electron chi connectivity index (χ2n) is 2.50. The summed E-state index contributed by atoms with van der Waals surface area (Å²) in [7, 11) is 0. The quantitative estimate of drug-likeness (QED) is 0.776. The number of hydrogen-bond acceptors (Lipinski definition) is 1. The maximum atomic E-state index is 12.1. The second-order valence-corrected chi connectivity index (χ2v) is 2.90. The van der Waals surface area contributed by atoms with E-state index in [9.17, 15) is 18.0 Å². The number of alkyl halides is 3. The Hall–Kier alpha value is -0.464. The van der Waals surface area contributed by atoms with E-state index in [0.717, 1.165) is 6.07 Å². The van der Waals surface area contributed by atoms with Crippen LogP contribution in [0.4, 0.5) is 13.2 Å². The Morgan fingerprint density at radius 2 is 1.87 bits per heavy atom. The highest BCUT2D eigenvalue weighted by Crippen LogP contribution is 2.31. The third-order valence-electron chi connectivity index (χ3n) is 1.53. The summed E-state index contributed by atoms with van der Waals surface area (Å²) >= 11 is 5.35. The van der Waals surface area contributed by atoms with Crippen molar-refractivity contribution in [2.45, 2.75) is 6.18 Å². The van der Waals surface area contributed by atoms with Crippen LogP contribution in [0.2, 0.25) is 5.02 Å². The molecule has 0 bridgehead atoms. The molecule has 0 aromatic heterocycles. The maximum Gasteiger partial charge on any atom is 0.416 e. The molecule has 1 aromatic carbocycles. The summed E-state index contributed by atoms with van der Waals surface area (Å²) in [4.78, 5) is 10.4. The van der Waals surface area contributed by atoms with Crippen LogP contribution < -0.4 is 0 Å². The van der Waals surface area contributed by atoms with Crippen molar-refractivity contribution >= 4 is 40.6 Å². The van der Waals surface area contributed by atoms with Crippen molar-refractivity contribution in [3.63, 3.8) is 0 Å². The van der Waals surface area contributed by atoms with Crippen molar-refractivity contribution in [3.05, 3.63) is 34.3 Å². The van der Waals surface area contributed by atoms with Gasteiger partial charge < -0.3 is 5.11 Å². The first kappa shape index (κ1) is 14.5. The van der Waals surface area contributed by atoms with E-state index in [1.807, 2.05) is 0 Å². The molecule has 0 aliphatic rings. The molecule has 7 heteroatoms. The standard InChI is InChI=1S/C8H4ClF3O2.Mg.2H/c9-6-3-4(8(10,11)12)1-2-5(6)7(13)14;;;/h1-3H,(H,13,14);;;. The first-order chi connectivity index (χ1) is 6.32. The third-order valence-corrected chi connectivity index (χ3v) is 1.84. The lowest BCUT2D eigenvalue weighted by atomic mass is 10.1. The van der Waals surface area contributed by atoms with E-state index < -0.39 is 22.7 Å². The van der Waals surface area contributed by atoms with Gasteiger partial charge in [-0.05, 0) is 18.2 Å². The zero-order chi connectivity index (χ0) is 10.9. The highest BCUT2D eigenvalue weighted by molar-refractivity contribution is 6.33. The topological polar surface area (TPSA) is 37.3 Å². The van der Waals surface area contributed by atoms with Crippen LogP contribution in [0.5, 0.6) is 0 Å². The van der Waals surface area contributed by atoms with Crippen LogP contribution >= 0.6 is 11.6 Å². The average molecular weight is 251 g/mol. The summed E-state index contributed by atoms with van der Waals surface area (Å²) in [6.45, 7) is 0. The van der Waals surface area contributed by atoms with Gasteiger partial charge in [-0.15, -0.1) is 0 Å². The van der Waals surface area contributed by atoms with Crippen molar-refractivity contribution < 1.29 is 23.1 Å². The molecule has 0 aliphatic carbocycles. The fraction of sp³-hybridized carbons (Fsp3) is 0.125. The zero-order valence-electron chi connectivity index (χ0n) is 6.60. The molecule has 0 aliphatic heterocycles. The van der Waals surface area contributed by atoms with Crippen molar-refractivity contribution in [1.82, 2.24) is 0 Å². The van der Waals surface area contributed by atoms with Gasteiger partial charge in [0.1, 0.15) is 0 Å². The summed E-state index contributed by atoms with van der Waals surface area (Å²) in [6, 6.07) is 2.09. The molecule has 1 rings (SSSR count). The predicted octanol–water partition coefficient (Wildman–Crippen LogP) is 2.14. The molecule has 0 saturated carbocycles. The minimum absolute atomic E-state index is 0. The van der Waals surface area contributed by atoms with E-state index in [0.29, 0.717) is 12.1 Å². The van der Waals surface area contributed by atoms with Crippen molar-refractivity contribution in [3.8, 4) is 0 Å². The summed E-state index contributed by atoms with van der Waals surface area (Å²) < 4.78 is 36.3. The van der Waals surface area contributed by atoms with Gasteiger partial charge in [0.15, 0.2) is 0 Å². The SMILES string of the molecule is O=C(O)c1ccc(C(F)(F)F)cc1Cl.[MgH2]. The largest absolute Gasteiger partial charge is 0.478 e. The second kappa shape index (κ2) is 5.04. The number of halogens is 4. The van der Waals surface area contributed by atoms with Crippen LogP contribution in [0.25, 0.3) is 0 Å². The van der Waals surface area contributed by atoms with E-state index >= 15 is 0 Å². The lowest BCUT2D eigenvalue weighted by Crippen LogP contribution is -2.06. The Kier molecular flexibility index (Phi) is 4.89. The molecule has 1 aromatic rings. The van der Waals surface area contributed by atoms with Crippen LogP contribution in [-0.2, 0) is 6.18 Å². The molecule has 0 unspecified atom stereocenters. The van der Waals surface area contributed by atoms with Crippen molar-refractivity contribution in [1.29, 1.82) is 0 Å². The van der Waals surface area contributed by atoms with Crippen molar-refractivity contribution in [2.24, 2.45) is 0 Å². The molecule has 2 nitrogen and oxygen atoms in total. The first-order valence-corrected chi connectivity index (χ1v) is 3.80. The van der Waals surface area contributed by atoms with Gasteiger partial charge in [0.25, 0.3) is 0 Å². The molecule has 0 fully saturated rings. The molecule has 0 saturated heterocycles. The van der Waals surface area contributed by atoms with E-state index in [1.54, 1.807) is 0 Å².